The van der Waals surface area contributed by atoms with E-state index in [2.05, 4.69) is 23.6 Å². The summed E-state index contributed by atoms with van der Waals surface area (Å²) in [5.41, 5.74) is 8.97. The smallest absolute Gasteiger partial charge is 0.325 e. The zero-order valence-corrected chi connectivity index (χ0v) is 12.9. The van der Waals surface area contributed by atoms with E-state index in [9.17, 15) is 4.79 Å². The fourth-order valence-corrected chi connectivity index (χ4v) is 3.44. The van der Waals surface area contributed by atoms with E-state index in [0.717, 1.165) is 25.0 Å². The van der Waals surface area contributed by atoms with E-state index in [1.54, 1.807) is 0 Å². The summed E-state index contributed by atoms with van der Waals surface area (Å²) in [6.07, 6.45) is 4.22. The first-order chi connectivity index (χ1) is 9.42. The zero-order chi connectivity index (χ0) is 14.9. The van der Waals surface area contributed by atoms with Crippen molar-refractivity contribution >= 4 is 5.97 Å². The van der Waals surface area contributed by atoms with Crippen LogP contribution in [0, 0.1) is 13.8 Å². The van der Waals surface area contributed by atoms with Crippen LogP contribution in [0.4, 0.5) is 0 Å². The maximum Gasteiger partial charge on any atom is 0.325 e. The van der Waals surface area contributed by atoms with Gasteiger partial charge in [-0.3, -0.25) is 9.48 Å². The Morgan fingerprint density at radius 1 is 1.55 bits per heavy atom. The first-order valence-corrected chi connectivity index (χ1v) is 7.34. The third-order valence-corrected chi connectivity index (χ3v) is 4.53. The standard InChI is InChI=1S/C15H25N3O2/c1-5-13-10(2)17-18(11(13)3)12-7-6-8-15(16,9-12)14(19)20-4/h12H,5-9,16H2,1-4H3. The second kappa shape index (κ2) is 5.56. The van der Waals surface area contributed by atoms with E-state index in [1.807, 2.05) is 6.92 Å². The molecule has 1 aliphatic carbocycles. The topological polar surface area (TPSA) is 70.1 Å². The van der Waals surface area contributed by atoms with Crippen LogP contribution in [0.2, 0.25) is 0 Å². The van der Waals surface area contributed by atoms with Crippen LogP contribution in [0.3, 0.4) is 0 Å². The van der Waals surface area contributed by atoms with Crippen molar-refractivity contribution in [2.45, 2.75) is 64.5 Å². The molecule has 5 heteroatoms. The lowest BCUT2D eigenvalue weighted by molar-refractivity contribution is -0.149. The van der Waals surface area contributed by atoms with Crippen molar-refractivity contribution in [1.82, 2.24) is 9.78 Å². The predicted molar refractivity (Wildman–Crippen MR) is 77.5 cm³/mol. The highest BCUT2D eigenvalue weighted by Crippen LogP contribution is 2.35. The average molecular weight is 279 g/mol. The average Bonchev–Trinajstić information content (AvgIpc) is 2.72. The van der Waals surface area contributed by atoms with Crippen molar-refractivity contribution in [2.75, 3.05) is 7.11 Å². The number of hydrogen-bond donors (Lipinski definition) is 1. The zero-order valence-electron chi connectivity index (χ0n) is 12.9. The summed E-state index contributed by atoms with van der Waals surface area (Å²) in [7, 11) is 1.40. The molecule has 2 atom stereocenters. The molecule has 1 aromatic rings. The molecule has 0 aliphatic heterocycles. The lowest BCUT2D eigenvalue weighted by atomic mass is 9.79. The number of aryl methyl sites for hydroxylation is 1. The van der Waals surface area contributed by atoms with Crippen LogP contribution in [0.5, 0.6) is 0 Å². The monoisotopic (exact) mass is 279 g/mol. The molecule has 0 saturated heterocycles. The normalized spacial score (nSPS) is 26.6. The van der Waals surface area contributed by atoms with Gasteiger partial charge in [0.05, 0.1) is 18.8 Å². The molecule has 1 saturated carbocycles. The summed E-state index contributed by atoms with van der Waals surface area (Å²) >= 11 is 0. The fraction of sp³-hybridized carbons (Fsp3) is 0.733. The molecular weight excluding hydrogens is 254 g/mol. The van der Waals surface area contributed by atoms with Gasteiger partial charge in [0, 0.05) is 5.69 Å². The molecule has 2 rings (SSSR count). The van der Waals surface area contributed by atoms with Gasteiger partial charge in [0.15, 0.2) is 0 Å². The van der Waals surface area contributed by atoms with Gasteiger partial charge in [-0.2, -0.15) is 5.10 Å². The van der Waals surface area contributed by atoms with Gasteiger partial charge in [0.1, 0.15) is 5.54 Å². The van der Waals surface area contributed by atoms with Gasteiger partial charge in [0.25, 0.3) is 0 Å². The van der Waals surface area contributed by atoms with Crippen molar-refractivity contribution in [3.63, 3.8) is 0 Å². The summed E-state index contributed by atoms with van der Waals surface area (Å²) in [5.74, 6) is -0.306. The Balaban J connectivity index is 2.28. The number of carbonyl (C=O) groups is 1. The molecule has 0 radical (unpaired) electrons. The van der Waals surface area contributed by atoms with Crippen molar-refractivity contribution in [3.05, 3.63) is 17.0 Å². The largest absolute Gasteiger partial charge is 0.468 e. The summed E-state index contributed by atoms with van der Waals surface area (Å²) in [6, 6.07) is 0.187. The molecule has 20 heavy (non-hydrogen) atoms. The molecule has 0 bridgehead atoms. The Bertz CT molecular complexity index is 509. The molecule has 112 valence electrons. The SMILES string of the molecule is CCc1c(C)nn(C2CCCC(N)(C(=O)OC)C2)c1C. The highest BCUT2D eigenvalue weighted by molar-refractivity contribution is 5.80. The van der Waals surface area contributed by atoms with E-state index >= 15 is 0 Å². The molecule has 1 heterocycles. The second-order valence-corrected chi connectivity index (χ2v) is 5.85. The van der Waals surface area contributed by atoms with Crippen molar-refractivity contribution in [1.29, 1.82) is 0 Å². The number of esters is 1. The molecule has 2 N–H and O–H groups in total. The third kappa shape index (κ3) is 2.46. The lowest BCUT2D eigenvalue weighted by Gasteiger charge is -2.36. The van der Waals surface area contributed by atoms with Gasteiger partial charge in [-0.1, -0.05) is 6.92 Å². The number of methoxy groups -OCH3 is 1. The van der Waals surface area contributed by atoms with Crippen molar-refractivity contribution in [3.8, 4) is 0 Å². The first kappa shape index (κ1) is 15.0. The van der Waals surface area contributed by atoms with Crippen LogP contribution in [0.15, 0.2) is 0 Å². The van der Waals surface area contributed by atoms with E-state index in [1.165, 1.54) is 18.4 Å². The molecule has 0 aromatic carbocycles. The predicted octanol–water partition coefficient (Wildman–Crippen LogP) is 2.05. The fourth-order valence-electron chi connectivity index (χ4n) is 3.44. The van der Waals surface area contributed by atoms with E-state index in [4.69, 9.17) is 10.5 Å². The minimum Gasteiger partial charge on any atom is -0.468 e. The van der Waals surface area contributed by atoms with Crippen molar-refractivity contribution in [2.24, 2.45) is 5.73 Å². The number of aromatic nitrogens is 2. The van der Waals surface area contributed by atoms with Crippen LogP contribution >= 0.6 is 0 Å². The first-order valence-electron chi connectivity index (χ1n) is 7.34. The Morgan fingerprint density at radius 2 is 2.25 bits per heavy atom. The Morgan fingerprint density at radius 3 is 2.80 bits per heavy atom. The molecule has 5 nitrogen and oxygen atoms in total. The Hall–Kier alpha value is -1.36. The molecule has 1 aliphatic rings. The maximum absolute atomic E-state index is 11.9. The maximum atomic E-state index is 11.9. The quantitative estimate of drug-likeness (QED) is 0.860. The molecule has 2 unspecified atom stereocenters. The number of nitrogens with zero attached hydrogens (tertiary/aromatic N) is 2. The van der Waals surface area contributed by atoms with Crippen LogP contribution in [-0.4, -0.2) is 28.4 Å². The Kier molecular flexibility index (Phi) is 4.18. The summed E-state index contributed by atoms with van der Waals surface area (Å²) < 4.78 is 6.93. The van der Waals surface area contributed by atoms with Gasteiger partial charge in [0.2, 0.25) is 0 Å². The van der Waals surface area contributed by atoms with Gasteiger partial charge < -0.3 is 10.5 Å². The van der Waals surface area contributed by atoms with E-state index in [0.29, 0.717) is 12.8 Å². The summed E-state index contributed by atoms with van der Waals surface area (Å²) in [6.45, 7) is 6.29. The van der Waals surface area contributed by atoms with Crippen LogP contribution in [0.1, 0.15) is 55.6 Å². The number of ether oxygens (including phenoxy) is 1. The molecule has 1 aromatic heterocycles. The second-order valence-electron chi connectivity index (χ2n) is 5.85. The Labute approximate surface area is 120 Å². The van der Waals surface area contributed by atoms with Crippen molar-refractivity contribution < 1.29 is 9.53 Å². The highest BCUT2D eigenvalue weighted by atomic mass is 16.5. The van der Waals surface area contributed by atoms with Gasteiger partial charge >= 0.3 is 5.97 Å². The third-order valence-electron chi connectivity index (χ3n) is 4.53. The van der Waals surface area contributed by atoms with E-state index in [-0.39, 0.29) is 12.0 Å². The molecular formula is C15H25N3O2. The summed E-state index contributed by atoms with van der Waals surface area (Å²) in [5, 5.41) is 4.66. The minimum atomic E-state index is -0.865. The molecule has 0 amide bonds. The lowest BCUT2D eigenvalue weighted by Crippen LogP contribution is -2.52. The van der Waals surface area contributed by atoms with Crippen LogP contribution in [0.25, 0.3) is 0 Å². The number of nitrogens with two attached hydrogens (primary N) is 1. The number of rotatable bonds is 3. The minimum absolute atomic E-state index is 0.187. The van der Waals surface area contributed by atoms with Gasteiger partial charge in [-0.05, 0) is 51.5 Å². The van der Waals surface area contributed by atoms with Crippen LogP contribution in [-0.2, 0) is 16.0 Å². The van der Waals surface area contributed by atoms with E-state index < -0.39 is 5.54 Å². The molecule has 1 fully saturated rings. The number of hydrogen-bond acceptors (Lipinski definition) is 4. The number of carbonyl (C=O) groups excluding carboxylic acids is 1. The van der Waals surface area contributed by atoms with Gasteiger partial charge in [-0.25, -0.2) is 0 Å². The summed E-state index contributed by atoms with van der Waals surface area (Å²) in [4.78, 5) is 11.9. The van der Waals surface area contributed by atoms with Gasteiger partial charge in [-0.15, -0.1) is 0 Å². The molecule has 0 spiro atoms. The highest BCUT2D eigenvalue weighted by Gasteiger charge is 2.41. The van der Waals surface area contributed by atoms with Crippen LogP contribution < -0.4 is 5.73 Å².